The van der Waals surface area contributed by atoms with Crippen LogP contribution in [-0.2, 0) is 9.53 Å². The summed E-state index contributed by atoms with van der Waals surface area (Å²) in [6.07, 6.45) is 11.1. The molecule has 0 spiro atoms. The van der Waals surface area contributed by atoms with Crippen molar-refractivity contribution in [2.75, 3.05) is 7.11 Å². The molecule has 0 aliphatic heterocycles. The first-order valence-electron chi connectivity index (χ1n) is 8.75. The van der Waals surface area contributed by atoms with Gasteiger partial charge >= 0.3 is 5.97 Å². The van der Waals surface area contributed by atoms with E-state index < -0.39 is 0 Å². The minimum absolute atomic E-state index is 0.245. The second-order valence-corrected chi connectivity index (χ2v) is 6.47. The van der Waals surface area contributed by atoms with Crippen molar-refractivity contribution >= 4 is 5.97 Å². The van der Waals surface area contributed by atoms with E-state index in [9.17, 15) is 4.79 Å². The van der Waals surface area contributed by atoms with Gasteiger partial charge < -0.3 is 4.74 Å². The monoisotopic (exact) mass is 308 g/mol. The Labute approximate surface area is 138 Å². The predicted octanol–water partition coefficient (Wildman–Crippen LogP) is 5.79. The molecule has 2 heteroatoms. The van der Waals surface area contributed by atoms with E-state index >= 15 is 0 Å². The fraction of sp³-hybridized carbons (Fsp3) is 0.750. The van der Waals surface area contributed by atoms with E-state index in [0.29, 0.717) is 0 Å². The third kappa shape index (κ3) is 6.37. The Hall–Kier alpha value is -1.05. The summed E-state index contributed by atoms with van der Waals surface area (Å²) in [5.74, 6) is 3.59. The highest BCUT2D eigenvalue weighted by Gasteiger charge is 2.37. The zero-order valence-corrected chi connectivity index (χ0v) is 15.4. The maximum absolute atomic E-state index is 9.59. The smallest absolute Gasteiger partial charge is 0.302 e. The van der Waals surface area contributed by atoms with Crippen molar-refractivity contribution in [2.45, 2.75) is 66.2 Å². The molecule has 0 radical (unpaired) electrons. The van der Waals surface area contributed by atoms with Crippen molar-refractivity contribution in [2.24, 2.45) is 23.7 Å². The predicted molar refractivity (Wildman–Crippen MR) is 95.7 cm³/mol. The normalized spacial score (nSPS) is 31.8. The van der Waals surface area contributed by atoms with Crippen LogP contribution < -0.4 is 0 Å². The lowest BCUT2D eigenvalue weighted by Gasteiger charge is -2.44. The largest absolute Gasteiger partial charge is 0.469 e. The van der Waals surface area contributed by atoms with Gasteiger partial charge in [0, 0.05) is 6.92 Å². The van der Waals surface area contributed by atoms with E-state index in [-0.39, 0.29) is 5.97 Å². The fourth-order valence-electron chi connectivity index (χ4n) is 3.95. The Morgan fingerprint density at radius 1 is 1.23 bits per heavy atom. The van der Waals surface area contributed by atoms with Crippen molar-refractivity contribution in [1.82, 2.24) is 0 Å². The number of rotatable bonds is 1. The van der Waals surface area contributed by atoms with Crippen molar-refractivity contribution in [3.05, 3.63) is 24.8 Å². The number of methoxy groups -OCH3 is 1. The molecule has 0 N–H and O–H groups in total. The Kier molecular flexibility index (Phi) is 11.0. The molecule has 2 fully saturated rings. The molecule has 2 aliphatic rings. The molecule has 0 bridgehead atoms. The summed E-state index contributed by atoms with van der Waals surface area (Å²) in [5, 5.41) is 0. The van der Waals surface area contributed by atoms with Gasteiger partial charge in [0.15, 0.2) is 0 Å². The van der Waals surface area contributed by atoms with E-state index in [1.807, 2.05) is 5.57 Å². The van der Waals surface area contributed by atoms with E-state index in [2.05, 4.69) is 44.7 Å². The van der Waals surface area contributed by atoms with Crippen LogP contribution in [0.2, 0.25) is 0 Å². The van der Waals surface area contributed by atoms with Crippen LogP contribution in [0.15, 0.2) is 24.8 Å². The summed E-state index contributed by atoms with van der Waals surface area (Å²) in [6, 6.07) is 0. The van der Waals surface area contributed by atoms with Crippen LogP contribution in [0.5, 0.6) is 0 Å². The molecule has 0 heterocycles. The van der Waals surface area contributed by atoms with Crippen molar-refractivity contribution in [1.29, 1.82) is 0 Å². The maximum atomic E-state index is 9.59. The molecular weight excluding hydrogens is 272 g/mol. The summed E-state index contributed by atoms with van der Waals surface area (Å²) in [5.41, 5.74) is 1.82. The third-order valence-electron chi connectivity index (χ3n) is 5.08. The van der Waals surface area contributed by atoms with Crippen LogP contribution in [0.1, 0.15) is 66.2 Å². The van der Waals surface area contributed by atoms with Gasteiger partial charge in [-0.15, -0.1) is 13.2 Å². The number of hydrogen-bond acceptors (Lipinski definition) is 2. The van der Waals surface area contributed by atoms with Gasteiger partial charge in [0.25, 0.3) is 0 Å². The summed E-state index contributed by atoms with van der Waals surface area (Å²) in [4.78, 5) is 9.59. The minimum Gasteiger partial charge on any atom is -0.469 e. The molecule has 2 rings (SSSR count). The number of hydrogen-bond donors (Lipinski definition) is 0. The first kappa shape index (κ1) is 20.9. The Morgan fingerprint density at radius 2 is 1.82 bits per heavy atom. The van der Waals surface area contributed by atoms with Gasteiger partial charge in [-0.3, -0.25) is 4.79 Å². The minimum atomic E-state index is -0.245. The quantitative estimate of drug-likeness (QED) is 0.453. The van der Waals surface area contributed by atoms with E-state index in [4.69, 9.17) is 0 Å². The number of carbonyl (C=O) groups excluding carboxylic acids is 1. The maximum Gasteiger partial charge on any atom is 0.302 e. The van der Waals surface area contributed by atoms with E-state index in [1.165, 1.54) is 52.6 Å². The third-order valence-corrected chi connectivity index (χ3v) is 5.08. The summed E-state index contributed by atoms with van der Waals surface area (Å²) >= 11 is 0. The van der Waals surface area contributed by atoms with Gasteiger partial charge in [-0.05, 0) is 49.4 Å². The molecule has 0 aromatic heterocycles. The molecular formula is C20H36O2. The van der Waals surface area contributed by atoms with Crippen LogP contribution >= 0.6 is 0 Å². The molecule has 128 valence electrons. The number of esters is 1. The van der Waals surface area contributed by atoms with Gasteiger partial charge in [0.05, 0.1) is 7.11 Å². The van der Waals surface area contributed by atoms with Crippen LogP contribution in [0.3, 0.4) is 0 Å². The molecule has 0 aromatic carbocycles. The van der Waals surface area contributed by atoms with Crippen molar-refractivity contribution in [3.8, 4) is 0 Å². The van der Waals surface area contributed by atoms with E-state index in [0.717, 1.165) is 23.7 Å². The number of fused-ring (bicyclic) bond motifs is 1. The molecule has 0 saturated heterocycles. The SMILES string of the molecule is C=C.CC/C=C1\C(C)CCC2C(C)CCCC12.COC(C)=O. The number of allylic oxidation sites excluding steroid dienone is 2. The lowest BCUT2D eigenvalue weighted by molar-refractivity contribution is -0.137. The lowest BCUT2D eigenvalue weighted by atomic mass is 9.61. The van der Waals surface area contributed by atoms with Crippen molar-refractivity contribution in [3.63, 3.8) is 0 Å². The number of carbonyl (C=O) groups is 1. The molecule has 4 unspecified atom stereocenters. The van der Waals surface area contributed by atoms with Gasteiger partial charge in [-0.1, -0.05) is 45.3 Å². The molecule has 4 atom stereocenters. The topological polar surface area (TPSA) is 26.3 Å². The summed E-state index contributed by atoms with van der Waals surface area (Å²) in [6.45, 7) is 14.6. The molecule has 2 saturated carbocycles. The van der Waals surface area contributed by atoms with Gasteiger partial charge in [-0.2, -0.15) is 0 Å². The Morgan fingerprint density at radius 3 is 2.32 bits per heavy atom. The average Bonchev–Trinajstić information content (AvgIpc) is 2.53. The molecule has 0 amide bonds. The summed E-state index contributed by atoms with van der Waals surface area (Å²) in [7, 11) is 1.35. The van der Waals surface area contributed by atoms with E-state index in [1.54, 1.807) is 0 Å². The average molecular weight is 309 g/mol. The van der Waals surface area contributed by atoms with Crippen LogP contribution in [-0.4, -0.2) is 13.1 Å². The Bertz CT molecular complexity index is 346. The van der Waals surface area contributed by atoms with Crippen LogP contribution in [0.25, 0.3) is 0 Å². The highest BCUT2D eigenvalue weighted by molar-refractivity contribution is 5.65. The van der Waals surface area contributed by atoms with Gasteiger partial charge in [-0.25, -0.2) is 0 Å². The highest BCUT2D eigenvalue weighted by atomic mass is 16.5. The van der Waals surface area contributed by atoms with Gasteiger partial charge in [0.1, 0.15) is 0 Å². The van der Waals surface area contributed by atoms with Gasteiger partial charge in [0.2, 0.25) is 0 Å². The molecule has 22 heavy (non-hydrogen) atoms. The molecule has 2 aliphatic carbocycles. The van der Waals surface area contributed by atoms with Crippen LogP contribution in [0.4, 0.5) is 0 Å². The second-order valence-electron chi connectivity index (χ2n) is 6.47. The lowest BCUT2D eigenvalue weighted by Crippen LogP contribution is -2.34. The fourth-order valence-corrected chi connectivity index (χ4v) is 3.95. The highest BCUT2D eigenvalue weighted by Crippen LogP contribution is 2.48. The van der Waals surface area contributed by atoms with Crippen molar-refractivity contribution < 1.29 is 9.53 Å². The Balaban J connectivity index is 0.000000540. The number of ether oxygens (including phenoxy) is 1. The van der Waals surface area contributed by atoms with Crippen LogP contribution in [0, 0.1) is 23.7 Å². The second kappa shape index (κ2) is 11.5. The summed E-state index contributed by atoms with van der Waals surface area (Å²) < 4.78 is 4.11. The zero-order chi connectivity index (χ0) is 17.1. The first-order valence-corrected chi connectivity index (χ1v) is 8.75. The zero-order valence-electron chi connectivity index (χ0n) is 15.4. The first-order chi connectivity index (χ1) is 10.5. The molecule has 0 aromatic rings. The molecule has 2 nitrogen and oxygen atoms in total. The standard InChI is InChI=1S/C15H26.C3H6O2.C2H4/c1-4-6-13-12(3)9-10-14-11(2)7-5-8-15(13)14;1-3(4)5-2;1-2/h6,11-12,14-15H,4-5,7-10H2,1-3H3;1-2H3;1-2H2/b13-6+;;.